The van der Waals surface area contributed by atoms with Crippen LogP contribution in [0.1, 0.15) is 29.6 Å². The normalized spacial score (nSPS) is 24.9. The summed E-state index contributed by atoms with van der Waals surface area (Å²) in [6.07, 6.45) is 1.89. The highest BCUT2D eigenvalue weighted by Crippen LogP contribution is 2.28. The third-order valence-electron chi connectivity index (χ3n) is 2.67. The highest BCUT2D eigenvalue weighted by Gasteiger charge is 2.24. The van der Waals surface area contributed by atoms with Crippen molar-refractivity contribution < 1.29 is 5.11 Å². The molecule has 1 aliphatic rings. The summed E-state index contributed by atoms with van der Waals surface area (Å²) in [6, 6.07) is 0. The summed E-state index contributed by atoms with van der Waals surface area (Å²) in [5, 5.41) is 16.2. The topological polar surface area (TPSA) is 45.1 Å². The largest absolute Gasteiger partial charge is 0.386 e. The van der Waals surface area contributed by atoms with Crippen LogP contribution in [0.4, 0.5) is 0 Å². The molecule has 2 rings (SSSR count). The van der Waals surface area contributed by atoms with Crippen LogP contribution in [0.2, 0.25) is 0 Å². The van der Waals surface area contributed by atoms with Crippen LogP contribution in [0.25, 0.3) is 0 Å². The lowest BCUT2D eigenvalue weighted by molar-refractivity contribution is 0.0918. The highest BCUT2D eigenvalue weighted by atomic mass is 32.1. The number of nitrogens with one attached hydrogen (secondary N) is 1. The van der Waals surface area contributed by atoms with E-state index in [-0.39, 0.29) is 6.10 Å². The van der Waals surface area contributed by atoms with Crippen molar-refractivity contribution in [1.82, 2.24) is 10.3 Å². The Morgan fingerprint density at radius 3 is 3.14 bits per heavy atom. The molecular weight excluding hydrogens is 196 g/mol. The Balaban J connectivity index is 2.03. The fraction of sp³-hybridized carbons (Fsp3) is 0.700. The summed E-state index contributed by atoms with van der Waals surface area (Å²) in [4.78, 5) is 4.33. The summed E-state index contributed by atoms with van der Waals surface area (Å²) < 4.78 is 0. The summed E-state index contributed by atoms with van der Waals surface area (Å²) in [7, 11) is 0. The maximum atomic E-state index is 10.1. The van der Waals surface area contributed by atoms with Crippen LogP contribution in [0.5, 0.6) is 0 Å². The fourth-order valence-electron chi connectivity index (χ4n) is 1.86. The van der Waals surface area contributed by atoms with Crippen molar-refractivity contribution in [3.05, 3.63) is 16.1 Å². The molecule has 1 aliphatic heterocycles. The van der Waals surface area contributed by atoms with Crippen molar-refractivity contribution in [2.24, 2.45) is 5.92 Å². The average Bonchev–Trinajstić information content (AvgIpc) is 2.65. The van der Waals surface area contributed by atoms with E-state index in [0.717, 1.165) is 36.6 Å². The van der Waals surface area contributed by atoms with Gasteiger partial charge in [0.15, 0.2) is 0 Å². The number of hydrogen-bond donors (Lipinski definition) is 2. The lowest BCUT2D eigenvalue weighted by Crippen LogP contribution is -2.33. The van der Waals surface area contributed by atoms with Crippen molar-refractivity contribution in [3.8, 4) is 0 Å². The molecule has 2 heterocycles. The van der Waals surface area contributed by atoms with E-state index in [1.807, 2.05) is 12.3 Å². The first kappa shape index (κ1) is 10.1. The third-order valence-corrected chi connectivity index (χ3v) is 3.70. The first-order chi connectivity index (χ1) is 6.77. The number of aliphatic hydroxyl groups is 1. The van der Waals surface area contributed by atoms with Gasteiger partial charge in [0, 0.05) is 23.5 Å². The van der Waals surface area contributed by atoms with Crippen molar-refractivity contribution in [1.29, 1.82) is 0 Å². The van der Waals surface area contributed by atoms with Crippen LogP contribution in [0, 0.1) is 12.8 Å². The lowest BCUT2D eigenvalue weighted by Gasteiger charge is -2.25. The van der Waals surface area contributed by atoms with Crippen LogP contribution in [-0.2, 0) is 0 Å². The molecular formula is C10H16N2OS. The molecule has 0 spiro atoms. The van der Waals surface area contributed by atoms with E-state index in [9.17, 15) is 5.11 Å². The highest BCUT2D eigenvalue weighted by molar-refractivity contribution is 7.09. The minimum atomic E-state index is -0.374. The molecule has 2 N–H and O–H groups in total. The van der Waals surface area contributed by atoms with Gasteiger partial charge in [-0.05, 0) is 26.3 Å². The Morgan fingerprint density at radius 2 is 2.57 bits per heavy atom. The first-order valence-corrected chi connectivity index (χ1v) is 5.96. The van der Waals surface area contributed by atoms with Crippen LogP contribution in [0.3, 0.4) is 0 Å². The summed E-state index contributed by atoms with van der Waals surface area (Å²) in [5.74, 6) is 0.342. The Kier molecular flexibility index (Phi) is 3.15. The molecule has 1 aromatic heterocycles. The summed E-state index contributed by atoms with van der Waals surface area (Å²) >= 11 is 1.56. The van der Waals surface area contributed by atoms with Crippen LogP contribution >= 0.6 is 11.3 Å². The van der Waals surface area contributed by atoms with Crippen molar-refractivity contribution >= 4 is 11.3 Å². The van der Waals surface area contributed by atoms with Gasteiger partial charge in [-0.3, -0.25) is 0 Å². The standard InChI is InChI=1S/C10H16N2OS/c1-7-6-14-10(12-7)9(13)8-3-2-4-11-5-8/h6,8-9,11,13H,2-5H2,1H3. The molecule has 78 valence electrons. The molecule has 1 fully saturated rings. The Morgan fingerprint density at radius 1 is 1.71 bits per heavy atom. The number of piperidine rings is 1. The number of nitrogens with zero attached hydrogens (tertiary/aromatic N) is 1. The van der Waals surface area contributed by atoms with Crippen LogP contribution < -0.4 is 5.32 Å². The van der Waals surface area contributed by atoms with E-state index in [1.54, 1.807) is 11.3 Å². The second-order valence-electron chi connectivity index (χ2n) is 3.88. The maximum absolute atomic E-state index is 10.1. The van der Waals surface area contributed by atoms with Gasteiger partial charge >= 0.3 is 0 Å². The summed E-state index contributed by atoms with van der Waals surface area (Å²) in [6.45, 7) is 3.96. The van der Waals surface area contributed by atoms with Gasteiger partial charge in [0.2, 0.25) is 0 Å². The van der Waals surface area contributed by atoms with Gasteiger partial charge in [0.1, 0.15) is 11.1 Å². The van der Waals surface area contributed by atoms with Gasteiger partial charge in [0.05, 0.1) is 0 Å². The van der Waals surface area contributed by atoms with E-state index >= 15 is 0 Å². The monoisotopic (exact) mass is 212 g/mol. The zero-order chi connectivity index (χ0) is 9.97. The smallest absolute Gasteiger partial charge is 0.122 e. The van der Waals surface area contributed by atoms with E-state index in [4.69, 9.17) is 0 Å². The van der Waals surface area contributed by atoms with Crippen LogP contribution in [0.15, 0.2) is 5.38 Å². The zero-order valence-corrected chi connectivity index (χ0v) is 9.18. The molecule has 0 radical (unpaired) electrons. The second-order valence-corrected chi connectivity index (χ2v) is 4.77. The SMILES string of the molecule is Cc1csc(C(O)C2CCCNC2)n1. The van der Waals surface area contributed by atoms with Gasteiger partial charge in [-0.15, -0.1) is 11.3 Å². The van der Waals surface area contributed by atoms with Crippen molar-refractivity contribution in [2.45, 2.75) is 25.9 Å². The zero-order valence-electron chi connectivity index (χ0n) is 8.36. The number of rotatable bonds is 2. The molecule has 2 unspecified atom stereocenters. The predicted octanol–water partition coefficient (Wildman–Crippen LogP) is 1.48. The minimum Gasteiger partial charge on any atom is -0.386 e. The average molecular weight is 212 g/mol. The van der Waals surface area contributed by atoms with Gasteiger partial charge < -0.3 is 10.4 Å². The molecule has 2 atom stereocenters. The number of hydrogen-bond acceptors (Lipinski definition) is 4. The van der Waals surface area contributed by atoms with Gasteiger partial charge in [0.25, 0.3) is 0 Å². The summed E-state index contributed by atoms with van der Waals surface area (Å²) in [5.41, 5.74) is 1.01. The van der Waals surface area contributed by atoms with Crippen molar-refractivity contribution in [2.75, 3.05) is 13.1 Å². The number of thiazole rings is 1. The molecule has 0 amide bonds. The first-order valence-electron chi connectivity index (χ1n) is 5.08. The number of aryl methyl sites for hydroxylation is 1. The second kappa shape index (κ2) is 4.38. The van der Waals surface area contributed by atoms with E-state index < -0.39 is 0 Å². The fourth-order valence-corrected chi connectivity index (χ4v) is 2.73. The Hall–Kier alpha value is -0.450. The predicted molar refractivity (Wildman–Crippen MR) is 57.4 cm³/mol. The van der Waals surface area contributed by atoms with Crippen molar-refractivity contribution in [3.63, 3.8) is 0 Å². The molecule has 0 bridgehead atoms. The van der Waals surface area contributed by atoms with E-state index in [2.05, 4.69) is 10.3 Å². The Labute approximate surface area is 88.2 Å². The number of aromatic nitrogens is 1. The molecule has 4 heteroatoms. The van der Waals surface area contributed by atoms with Gasteiger partial charge in [-0.25, -0.2) is 4.98 Å². The molecule has 0 aliphatic carbocycles. The van der Waals surface area contributed by atoms with Gasteiger partial charge in [-0.2, -0.15) is 0 Å². The minimum absolute atomic E-state index is 0.342. The molecule has 14 heavy (non-hydrogen) atoms. The molecule has 1 saturated heterocycles. The molecule has 1 aromatic rings. The molecule has 0 saturated carbocycles. The molecule has 0 aromatic carbocycles. The molecule has 3 nitrogen and oxygen atoms in total. The maximum Gasteiger partial charge on any atom is 0.122 e. The van der Waals surface area contributed by atoms with Gasteiger partial charge in [-0.1, -0.05) is 0 Å². The Bertz CT molecular complexity index is 294. The van der Waals surface area contributed by atoms with E-state index in [0.29, 0.717) is 5.92 Å². The third kappa shape index (κ3) is 2.13. The lowest BCUT2D eigenvalue weighted by atomic mass is 9.94. The van der Waals surface area contributed by atoms with Crippen LogP contribution in [-0.4, -0.2) is 23.2 Å². The number of aliphatic hydroxyl groups excluding tert-OH is 1. The van der Waals surface area contributed by atoms with E-state index in [1.165, 1.54) is 0 Å². The quantitative estimate of drug-likeness (QED) is 0.780.